The molecule has 0 bridgehead atoms. The predicted octanol–water partition coefficient (Wildman–Crippen LogP) is 6.02. The summed E-state index contributed by atoms with van der Waals surface area (Å²) in [4.78, 5) is 3.10. The lowest BCUT2D eigenvalue weighted by Gasteiger charge is -2.35. The molecule has 2 heterocycles. The minimum Gasteiger partial charge on any atom is -0.487 e. The number of fused-ring (bicyclic) bond motifs is 2. The fourth-order valence-corrected chi connectivity index (χ4v) is 6.37. The fraction of sp³-hybridized carbons (Fsp3) is 0.419. The molecule has 7 heteroatoms. The number of hydrogen-bond donors (Lipinski definition) is 2. The maximum Gasteiger partial charge on any atom is 0.126 e. The topological polar surface area (TPSA) is 52.9 Å². The van der Waals surface area contributed by atoms with Crippen LogP contribution >= 0.6 is 11.8 Å². The van der Waals surface area contributed by atoms with Crippen LogP contribution in [-0.4, -0.2) is 51.8 Å². The van der Waals surface area contributed by atoms with Crippen LogP contribution in [0.3, 0.4) is 0 Å². The molecule has 4 nitrogen and oxygen atoms in total. The van der Waals surface area contributed by atoms with Crippen molar-refractivity contribution in [2.45, 2.75) is 74.5 Å². The molecule has 2 N–H and O–H groups in total. The average molecular weight is 542 g/mol. The van der Waals surface area contributed by atoms with Gasteiger partial charge in [0.15, 0.2) is 0 Å². The standard InChI is InChI=1S/C29H31F2NO3S.C2H6/c30-22-8-11-26-20(14-22)6-10-27(35-26)24(33)17-32(16-19-4-2-1-3-5-19)18-25(34)29-12-7-21-15-23(31)9-13-28(21)36-29;1-2/h1-5,8-9,11,13-15,24-25,27,29,33-34H,6-7,10,12,16-18H2;1-2H3/t24-,25?,27?,29?;/m1./s1. The van der Waals surface area contributed by atoms with Crippen molar-refractivity contribution >= 4 is 11.8 Å². The molecular weight excluding hydrogens is 504 g/mol. The van der Waals surface area contributed by atoms with Gasteiger partial charge in [0.2, 0.25) is 0 Å². The molecule has 4 atom stereocenters. The first-order valence-corrected chi connectivity index (χ1v) is 14.3. The number of benzene rings is 3. The summed E-state index contributed by atoms with van der Waals surface area (Å²) in [6, 6.07) is 19.3. The molecule has 204 valence electrons. The SMILES string of the molecule is CC.OC(CN(Cc1ccccc1)C[C@@H](O)C1CCc2cc(F)ccc2O1)C1CCc2cc(F)ccc2S1. The highest BCUT2D eigenvalue weighted by molar-refractivity contribution is 8.00. The summed E-state index contributed by atoms with van der Waals surface area (Å²) in [7, 11) is 0. The minimum atomic E-state index is -0.762. The molecule has 0 saturated carbocycles. The van der Waals surface area contributed by atoms with Crippen LogP contribution < -0.4 is 4.74 Å². The van der Waals surface area contributed by atoms with Crippen molar-refractivity contribution < 1.29 is 23.7 Å². The third kappa shape index (κ3) is 7.35. The first-order chi connectivity index (χ1) is 18.4. The van der Waals surface area contributed by atoms with Crippen LogP contribution in [0.25, 0.3) is 0 Å². The monoisotopic (exact) mass is 541 g/mol. The van der Waals surface area contributed by atoms with Crippen molar-refractivity contribution in [1.82, 2.24) is 4.90 Å². The quantitative estimate of drug-likeness (QED) is 0.366. The van der Waals surface area contributed by atoms with Crippen molar-refractivity contribution in [2.75, 3.05) is 13.1 Å². The number of aryl methyl sites for hydroxylation is 2. The molecule has 0 amide bonds. The molecule has 0 radical (unpaired) electrons. The summed E-state index contributed by atoms with van der Waals surface area (Å²) in [5.74, 6) is 0.108. The van der Waals surface area contributed by atoms with E-state index in [0.717, 1.165) is 34.4 Å². The van der Waals surface area contributed by atoms with Crippen molar-refractivity contribution in [1.29, 1.82) is 0 Å². The molecule has 0 aliphatic carbocycles. The Labute approximate surface area is 228 Å². The number of aliphatic hydroxyl groups excluding tert-OH is 2. The summed E-state index contributed by atoms with van der Waals surface area (Å²) in [5.41, 5.74) is 2.92. The summed E-state index contributed by atoms with van der Waals surface area (Å²) < 4.78 is 33.2. The van der Waals surface area contributed by atoms with Crippen LogP contribution in [0.2, 0.25) is 0 Å². The Hall–Kier alpha value is -2.45. The largest absolute Gasteiger partial charge is 0.487 e. The Morgan fingerprint density at radius 2 is 1.53 bits per heavy atom. The van der Waals surface area contributed by atoms with Gasteiger partial charge < -0.3 is 14.9 Å². The van der Waals surface area contributed by atoms with Gasteiger partial charge in [-0.3, -0.25) is 4.90 Å². The molecule has 38 heavy (non-hydrogen) atoms. The van der Waals surface area contributed by atoms with Crippen LogP contribution in [0.4, 0.5) is 8.78 Å². The molecule has 3 aromatic rings. The molecule has 0 saturated heterocycles. The molecule has 2 aliphatic heterocycles. The van der Waals surface area contributed by atoms with E-state index in [1.807, 2.05) is 44.2 Å². The Kier molecular flexibility index (Phi) is 10.2. The average Bonchev–Trinajstić information content (AvgIpc) is 2.94. The lowest BCUT2D eigenvalue weighted by atomic mass is 9.98. The first-order valence-electron chi connectivity index (χ1n) is 13.5. The first kappa shape index (κ1) is 28.6. The Morgan fingerprint density at radius 1 is 0.868 bits per heavy atom. The lowest BCUT2D eigenvalue weighted by Crippen LogP contribution is -2.46. The maximum atomic E-state index is 13.6. The number of nitrogens with zero attached hydrogens (tertiary/aromatic N) is 1. The molecule has 0 spiro atoms. The van der Waals surface area contributed by atoms with Gasteiger partial charge in [0, 0.05) is 29.8 Å². The second kappa shape index (κ2) is 13.6. The summed E-state index contributed by atoms with van der Waals surface area (Å²) >= 11 is 1.60. The predicted molar refractivity (Wildman–Crippen MR) is 149 cm³/mol. The van der Waals surface area contributed by atoms with Gasteiger partial charge in [0.25, 0.3) is 0 Å². The zero-order valence-electron chi connectivity index (χ0n) is 22.0. The highest BCUT2D eigenvalue weighted by atomic mass is 32.2. The number of rotatable bonds is 8. The van der Waals surface area contributed by atoms with Gasteiger partial charge in [0.05, 0.1) is 6.10 Å². The zero-order chi connectivity index (χ0) is 27.1. The van der Waals surface area contributed by atoms with Crippen LogP contribution in [-0.2, 0) is 19.4 Å². The minimum absolute atomic E-state index is 0.00826. The number of aliphatic hydroxyl groups is 2. The van der Waals surface area contributed by atoms with E-state index in [1.165, 1.54) is 18.2 Å². The van der Waals surface area contributed by atoms with Crippen molar-refractivity contribution in [3.8, 4) is 5.75 Å². The smallest absolute Gasteiger partial charge is 0.126 e. The third-order valence-corrected chi connectivity index (χ3v) is 8.50. The number of thioether (sulfide) groups is 1. The van der Waals surface area contributed by atoms with Gasteiger partial charge in [-0.25, -0.2) is 8.78 Å². The van der Waals surface area contributed by atoms with Crippen LogP contribution in [0.15, 0.2) is 71.6 Å². The van der Waals surface area contributed by atoms with Crippen molar-refractivity contribution in [3.05, 3.63) is 95.1 Å². The van der Waals surface area contributed by atoms with E-state index in [4.69, 9.17) is 4.74 Å². The molecular formula is C31H37F2NO3S. The fourth-order valence-electron chi connectivity index (χ4n) is 5.11. The summed E-state index contributed by atoms with van der Waals surface area (Å²) in [6.45, 7) is 5.32. The van der Waals surface area contributed by atoms with E-state index in [9.17, 15) is 19.0 Å². The van der Waals surface area contributed by atoms with Gasteiger partial charge in [-0.05, 0) is 78.8 Å². The Morgan fingerprint density at radius 3 is 2.29 bits per heavy atom. The van der Waals surface area contributed by atoms with Gasteiger partial charge in [-0.1, -0.05) is 44.2 Å². The molecule has 2 aliphatic rings. The van der Waals surface area contributed by atoms with Crippen LogP contribution in [0.1, 0.15) is 43.4 Å². The molecule has 3 aromatic carbocycles. The highest BCUT2D eigenvalue weighted by Gasteiger charge is 2.31. The normalized spacial score (nSPS) is 19.9. The molecule has 0 fully saturated rings. The van der Waals surface area contributed by atoms with E-state index in [-0.39, 0.29) is 16.9 Å². The second-order valence-electron chi connectivity index (χ2n) is 9.71. The lowest BCUT2D eigenvalue weighted by molar-refractivity contribution is -0.00868. The molecule has 3 unspecified atom stereocenters. The van der Waals surface area contributed by atoms with Gasteiger partial charge >= 0.3 is 0 Å². The number of halogens is 2. The van der Waals surface area contributed by atoms with Crippen LogP contribution in [0.5, 0.6) is 5.75 Å². The second-order valence-corrected chi connectivity index (χ2v) is 11.0. The summed E-state index contributed by atoms with van der Waals surface area (Å²) in [5, 5.41) is 22.3. The Balaban J connectivity index is 0.00000164. The Bertz CT molecular complexity index is 1110. The number of ether oxygens (including phenoxy) is 1. The zero-order valence-corrected chi connectivity index (χ0v) is 22.8. The molecule has 5 rings (SSSR count). The van der Waals surface area contributed by atoms with E-state index < -0.39 is 18.3 Å². The third-order valence-electron chi connectivity index (χ3n) is 7.00. The number of hydrogen-bond acceptors (Lipinski definition) is 5. The van der Waals surface area contributed by atoms with Crippen LogP contribution in [0, 0.1) is 11.6 Å². The van der Waals surface area contributed by atoms with E-state index in [0.29, 0.717) is 38.2 Å². The van der Waals surface area contributed by atoms with Crippen molar-refractivity contribution in [2.24, 2.45) is 0 Å². The van der Waals surface area contributed by atoms with E-state index in [2.05, 4.69) is 4.90 Å². The van der Waals surface area contributed by atoms with Gasteiger partial charge in [-0.15, -0.1) is 11.8 Å². The van der Waals surface area contributed by atoms with E-state index in [1.54, 1.807) is 30.0 Å². The van der Waals surface area contributed by atoms with Gasteiger partial charge in [-0.2, -0.15) is 0 Å². The summed E-state index contributed by atoms with van der Waals surface area (Å²) in [6.07, 6.45) is 0.980. The highest BCUT2D eigenvalue weighted by Crippen LogP contribution is 2.37. The maximum absolute atomic E-state index is 13.6. The van der Waals surface area contributed by atoms with E-state index >= 15 is 0 Å². The van der Waals surface area contributed by atoms with Gasteiger partial charge in [0.1, 0.15) is 29.6 Å². The van der Waals surface area contributed by atoms with Crippen molar-refractivity contribution in [3.63, 3.8) is 0 Å². The molecule has 0 aromatic heterocycles.